The molecule has 0 saturated heterocycles. The lowest BCUT2D eigenvalue weighted by Crippen LogP contribution is -2.32. The van der Waals surface area contributed by atoms with E-state index < -0.39 is 17.5 Å². The molecule has 0 unspecified atom stereocenters. The predicted octanol–water partition coefficient (Wildman–Crippen LogP) is 2.45. The number of halogens is 1. The standard InChI is InChI=1S/C23H18FNO6/c1-12-15-8-17-18(13-2-4-14(24)5-3-13)11-30-19(17)10-20(15)31-23(29)16(12)9-21(26)25-7-6-22(27)28/h2-5,8,10-11H,6-7,9H2,1H3,(H,25,26)(H,27,28)/p-1. The maximum Gasteiger partial charge on any atom is 0.340 e. The molecule has 0 aliphatic rings. The van der Waals surface area contributed by atoms with Crippen LogP contribution in [0.3, 0.4) is 0 Å². The normalized spacial score (nSPS) is 11.2. The zero-order chi connectivity index (χ0) is 22.1. The zero-order valence-corrected chi connectivity index (χ0v) is 16.5. The molecule has 0 saturated carbocycles. The largest absolute Gasteiger partial charge is 0.550 e. The highest BCUT2D eigenvalue weighted by atomic mass is 19.1. The van der Waals surface area contributed by atoms with Crippen LogP contribution in [0.4, 0.5) is 4.39 Å². The van der Waals surface area contributed by atoms with Crippen LogP contribution in [0.5, 0.6) is 0 Å². The summed E-state index contributed by atoms with van der Waals surface area (Å²) in [7, 11) is 0. The Morgan fingerprint density at radius 2 is 1.84 bits per heavy atom. The van der Waals surface area contributed by atoms with Crippen molar-refractivity contribution in [1.82, 2.24) is 5.32 Å². The van der Waals surface area contributed by atoms with E-state index in [0.717, 1.165) is 16.5 Å². The molecule has 0 bridgehead atoms. The fraction of sp³-hybridized carbons (Fsp3) is 0.174. The number of aryl methyl sites for hydroxylation is 1. The molecule has 158 valence electrons. The van der Waals surface area contributed by atoms with Gasteiger partial charge in [-0.2, -0.15) is 0 Å². The average molecular weight is 422 g/mol. The van der Waals surface area contributed by atoms with Gasteiger partial charge in [-0.3, -0.25) is 4.79 Å². The summed E-state index contributed by atoms with van der Waals surface area (Å²) in [5, 5.41) is 14.3. The van der Waals surface area contributed by atoms with Crippen LogP contribution < -0.4 is 16.0 Å². The van der Waals surface area contributed by atoms with Crippen LogP contribution in [0.15, 0.2) is 56.3 Å². The molecule has 0 radical (unpaired) electrons. The number of nitrogens with one attached hydrogen (secondary N) is 1. The van der Waals surface area contributed by atoms with E-state index in [0.29, 0.717) is 22.1 Å². The van der Waals surface area contributed by atoms with Crippen molar-refractivity contribution < 1.29 is 27.9 Å². The molecule has 2 aromatic carbocycles. The summed E-state index contributed by atoms with van der Waals surface area (Å²) >= 11 is 0. The molecular formula is C23H17FNO6-. The smallest absolute Gasteiger partial charge is 0.340 e. The monoisotopic (exact) mass is 422 g/mol. The molecule has 7 nitrogen and oxygen atoms in total. The van der Waals surface area contributed by atoms with Crippen LogP contribution in [0.1, 0.15) is 17.5 Å². The second kappa shape index (κ2) is 8.06. The Kier molecular flexibility index (Phi) is 5.29. The lowest BCUT2D eigenvalue weighted by Gasteiger charge is -2.09. The summed E-state index contributed by atoms with van der Waals surface area (Å²) < 4.78 is 24.3. The molecule has 0 aliphatic heterocycles. The Labute approximate surface area is 175 Å². The van der Waals surface area contributed by atoms with Gasteiger partial charge in [-0.15, -0.1) is 0 Å². The van der Waals surface area contributed by atoms with Crippen molar-refractivity contribution in [3.8, 4) is 11.1 Å². The molecular weight excluding hydrogens is 405 g/mol. The number of carboxylic acid groups (broad SMARTS) is 1. The number of furan rings is 1. The summed E-state index contributed by atoms with van der Waals surface area (Å²) in [6, 6.07) is 9.42. The number of amides is 1. The van der Waals surface area contributed by atoms with Crippen molar-refractivity contribution in [2.45, 2.75) is 19.8 Å². The first-order chi connectivity index (χ1) is 14.8. The fourth-order valence-electron chi connectivity index (χ4n) is 3.49. The molecule has 31 heavy (non-hydrogen) atoms. The van der Waals surface area contributed by atoms with Crippen LogP contribution in [0, 0.1) is 12.7 Å². The van der Waals surface area contributed by atoms with Gasteiger partial charge in [0.25, 0.3) is 0 Å². The molecule has 0 aliphatic carbocycles. The van der Waals surface area contributed by atoms with Gasteiger partial charge in [0.05, 0.1) is 18.2 Å². The third-order valence-electron chi connectivity index (χ3n) is 5.13. The first-order valence-corrected chi connectivity index (χ1v) is 9.53. The molecule has 1 amide bonds. The van der Waals surface area contributed by atoms with Gasteiger partial charge in [0.1, 0.15) is 17.0 Å². The van der Waals surface area contributed by atoms with E-state index >= 15 is 0 Å². The third kappa shape index (κ3) is 4.05. The van der Waals surface area contributed by atoms with Crippen molar-refractivity contribution in [1.29, 1.82) is 0 Å². The molecule has 0 atom stereocenters. The molecule has 1 N–H and O–H groups in total. The van der Waals surface area contributed by atoms with Gasteiger partial charge in [0.15, 0.2) is 0 Å². The minimum atomic E-state index is -1.28. The molecule has 4 aromatic rings. The van der Waals surface area contributed by atoms with Crippen LogP contribution in [0.25, 0.3) is 33.1 Å². The van der Waals surface area contributed by atoms with Gasteiger partial charge >= 0.3 is 5.63 Å². The molecule has 2 heterocycles. The number of rotatable bonds is 6. The Morgan fingerprint density at radius 1 is 1.10 bits per heavy atom. The first-order valence-electron chi connectivity index (χ1n) is 9.53. The summed E-state index contributed by atoms with van der Waals surface area (Å²) in [5.74, 6) is -2.11. The van der Waals surface area contributed by atoms with Crippen molar-refractivity contribution in [3.05, 3.63) is 70.0 Å². The lowest BCUT2D eigenvalue weighted by atomic mass is 9.99. The number of aliphatic carboxylic acids is 1. The summed E-state index contributed by atoms with van der Waals surface area (Å²) in [6.45, 7) is 1.63. The number of carbonyl (C=O) groups is 2. The minimum absolute atomic E-state index is 0.0875. The molecule has 0 fully saturated rings. The molecule has 0 spiro atoms. The number of hydrogen-bond donors (Lipinski definition) is 1. The van der Waals surface area contributed by atoms with Crippen LogP contribution in [0.2, 0.25) is 0 Å². The quantitative estimate of drug-likeness (QED) is 0.478. The maximum absolute atomic E-state index is 13.3. The van der Waals surface area contributed by atoms with Gasteiger partial charge < -0.3 is 24.1 Å². The van der Waals surface area contributed by atoms with Crippen LogP contribution >= 0.6 is 0 Å². The maximum atomic E-state index is 13.3. The molecule has 8 heteroatoms. The average Bonchev–Trinajstić information content (AvgIpc) is 3.13. The van der Waals surface area contributed by atoms with Crippen LogP contribution in [-0.4, -0.2) is 18.4 Å². The third-order valence-corrected chi connectivity index (χ3v) is 5.13. The van der Waals surface area contributed by atoms with E-state index in [1.165, 1.54) is 12.1 Å². The number of fused-ring (bicyclic) bond motifs is 2. The topological polar surface area (TPSA) is 113 Å². The number of carbonyl (C=O) groups excluding carboxylic acids is 2. The predicted molar refractivity (Wildman–Crippen MR) is 109 cm³/mol. The van der Waals surface area contributed by atoms with Gasteiger partial charge in [0.2, 0.25) is 5.91 Å². The van der Waals surface area contributed by atoms with E-state index in [9.17, 15) is 23.9 Å². The second-order valence-electron chi connectivity index (χ2n) is 7.14. The van der Waals surface area contributed by atoms with Crippen molar-refractivity contribution in [3.63, 3.8) is 0 Å². The highest BCUT2D eigenvalue weighted by Gasteiger charge is 2.17. The fourth-order valence-corrected chi connectivity index (χ4v) is 3.49. The van der Waals surface area contributed by atoms with E-state index in [4.69, 9.17) is 8.83 Å². The lowest BCUT2D eigenvalue weighted by molar-refractivity contribution is -0.305. The minimum Gasteiger partial charge on any atom is -0.550 e. The van der Waals surface area contributed by atoms with Gasteiger partial charge in [-0.05, 0) is 36.2 Å². The Bertz CT molecular complexity index is 1370. The molecule has 2 aromatic heterocycles. The highest BCUT2D eigenvalue weighted by Crippen LogP contribution is 2.34. The Morgan fingerprint density at radius 3 is 2.55 bits per heavy atom. The van der Waals surface area contributed by atoms with Gasteiger partial charge in [-0.1, -0.05) is 12.1 Å². The van der Waals surface area contributed by atoms with Gasteiger partial charge in [-0.25, -0.2) is 9.18 Å². The summed E-state index contributed by atoms with van der Waals surface area (Å²) in [6.07, 6.45) is 0.989. The van der Waals surface area contributed by atoms with E-state index in [2.05, 4.69) is 5.32 Å². The second-order valence-corrected chi connectivity index (χ2v) is 7.14. The highest BCUT2D eigenvalue weighted by molar-refractivity contribution is 6.02. The first kappa shape index (κ1) is 20.3. The molecule has 4 rings (SSSR count). The van der Waals surface area contributed by atoms with Crippen LogP contribution in [-0.2, 0) is 16.0 Å². The number of carboxylic acids is 1. The Balaban J connectivity index is 1.74. The van der Waals surface area contributed by atoms with E-state index in [-0.39, 0.29) is 30.8 Å². The van der Waals surface area contributed by atoms with Crippen molar-refractivity contribution >= 4 is 33.8 Å². The number of hydrogen-bond acceptors (Lipinski definition) is 6. The van der Waals surface area contributed by atoms with E-state index in [1.54, 1.807) is 31.4 Å². The van der Waals surface area contributed by atoms with Crippen molar-refractivity contribution in [2.24, 2.45) is 0 Å². The zero-order valence-electron chi connectivity index (χ0n) is 16.5. The van der Waals surface area contributed by atoms with Gasteiger partial charge in [0, 0.05) is 41.3 Å². The SMILES string of the molecule is Cc1c(CC(=O)NCCC(=O)[O-])c(=O)oc2cc3occ(-c4ccc(F)cc4)c3cc12. The Hall–Kier alpha value is -3.94. The van der Waals surface area contributed by atoms with Crippen molar-refractivity contribution in [2.75, 3.05) is 6.54 Å². The summed E-state index contributed by atoms with van der Waals surface area (Å²) in [4.78, 5) is 35.0. The summed E-state index contributed by atoms with van der Waals surface area (Å²) in [5.41, 5.74) is 2.45. The van der Waals surface area contributed by atoms with E-state index in [1.807, 2.05) is 6.07 Å². The number of benzene rings is 2.